The van der Waals surface area contributed by atoms with Crippen molar-refractivity contribution >= 4 is 17.6 Å². The normalized spacial score (nSPS) is 25.7. The van der Waals surface area contributed by atoms with Gasteiger partial charge in [0.25, 0.3) is 0 Å². The molecule has 0 saturated carbocycles. The Bertz CT molecular complexity index is 536. The third-order valence-corrected chi connectivity index (χ3v) is 3.75. The zero-order chi connectivity index (χ0) is 14.7. The summed E-state index contributed by atoms with van der Waals surface area (Å²) in [5, 5.41) is 12.2. The Kier molecular flexibility index (Phi) is 4.23. The summed E-state index contributed by atoms with van der Waals surface area (Å²) >= 11 is 0. The smallest absolute Gasteiger partial charge is 0.307 e. The van der Waals surface area contributed by atoms with E-state index in [2.05, 4.69) is 5.32 Å². The molecule has 0 bridgehead atoms. The van der Waals surface area contributed by atoms with E-state index >= 15 is 0 Å². The molecule has 0 unspecified atom stereocenters. The number of carbonyl (C=O) groups is 2. The molecule has 0 fully saturated rings. The van der Waals surface area contributed by atoms with Gasteiger partial charge in [-0.25, -0.2) is 0 Å². The van der Waals surface area contributed by atoms with E-state index in [1.807, 2.05) is 38.1 Å². The Labute approximate surface area is 118 Å². The van der Waals surface area contributed by atoms with Crippen molar-refractivity contribution in [1.29, 1.82) is 0 Å². The van der Waals surface area contributed by atoms with E-state index in [0.29, 0.717) is 12.1 Å². The molecular weight excluding hydrogens is 254 g/mol. The van der Waals surface area contributed by atoms with Crippen LogP contribution < -0.4 is 5.32 Å². The van der Waals surface area contributed by atoms with Gasteiger partial charge in [0.2, 0.25) is 5.91 Å². The first-order chi connectivity index (χ1) is 9.49. The number of aliphatic carboxylic acids is 1. The average molecular weight is 273 g/mol. The third-order valence-electron chi connectivity index (χ3n) is 3.75. The maximum Gasteiger partial charge on any atom is 0.307 e. The lowest BCUT2D eigenvalue weighted by Crippen LogP contribution is -2.39. The van der Waals surface area contributed by atoms with Gasteiger partial charge in [-0.15, -0.1) is 0 Å². The standard InChI is InChI=1S/C16H19NO3/c1-10-8-11(2)14(16(19)20)13(9-10)15(18)17-12-6-4-3-5-7-12/h3-8,11,13-14H,9H2,1-2H3,(H,17,18)(H,19,20)/t11-,13+,14-/m1/s1. The van der Waals surface area contributed by atoms with Gasteiger partial charge >= 0.3 is 5.97 Å². The Hall–Kier alpha value is -2.10. The quantitative estimate of drug-likeness (QED) is 0.832. The zero-order valence-electron chi connectivity index (χ0n) is 11.7. The van der Waals surface area contributed by atoms with E-state index in [0.717, 1.165) is 5.57 Å². The number of carboxylic acid groups (broad SMARTS) is 1. The van der Waals surface area contributed by atoms with Crippen molar-refractivity contribution in [3.8, 4) is 0 Å². The van der Waals surface area contributed by atoms with Gasteiger partial charge in [0.05, 0.1) is 11.8 Å². The summed E-state index contributed by atoms with van der Waals surface area (Å²) < 4.78 is 0. The molecule has 0 saturated heterocycles. The van der Waals surface area contributed by atoms with Crippen molar-refractivity contribution in [2.24, 2.45) is 17.8 Å². The first-order valence-corrected chi connectivity index (χ1v) is 6.75. The number of carbonyl (C=O) groups excluding carboxylic acids is 1. The summed E-state index contributed by atoms with van der Waals surface area (Å²) in [5.41, 5.74) is 1.77. The maximum absolute atomic E-state index is 12.4. The van der Waals surface area contributed by atoms with Gasteiger partial charge in [-0.2, -0.15) is 0 Å². The van der Waals surface area contributed by atoms with E-state index < -0.39 is 17.8 Å². The summed E-state index contributed by atoms with van der Waals surface area (Å²) in [6, 6.07) is 9.12. The third kappa shape index (κ3) is 3.07. The number of nitrogens with one attached hydrogen (secondary N) is 1. The van der Waals surface area contributed by atoms with Crippen molar-refractivity contribution in [3.05, 3.63) is 42.0 Å². The summed E-state index contributed by atoms with van der Waals surface area (Å²) in [7, 11) is 0. The molecule has 4 heteroatoms. The molecule has 0 aliphatic heterocycles. The van der Waals surface area contributed by atoms with Crippen LogP contribution in [0.15, 0.2) is 42.0 Å². The number of carboxylic acids is 1. The number of anilines is 1. The molecular formula is C16H19NO3. The van der Waals surface area contributed by atoms with Crippen molar-refractivity contribution in [2.45, 2.75) is 20.3 Å². The van der Waals surface area contributed by atoms with Crippen molar-refractivity contribution in [3.63, 3.8) is 0 Å². The highest BCUT2D eigenvalue weighted by atomic mass is 16.4. The molecule has 1 amide bonds. The molecule has 2 rings (SSSR count). The molecule has 2 N–H and O–H groups in total. The second-order valence-corrected chi connectivity index (χ2v) is 5.40. The minimum Gasteiger partial charge on any atom is -0.481 e. The van der Waals surface area contributed by atoms with Crippen LogP contribution >= 0.6 is 0 Å². The number of hydrogen-bond acceptors (Lipinski definition) is 2. The Balaban J connectivity index is 2.18. The zero-order valence-corrected chi connectivity index (χ0v) is 11.7. The summed E-state index contributed by atoms with van der Waals surface area (Å²) in [6.45, 7) is 3.79. The maximum atomic E-state index is 12.4. The number of benzene rings is 1. The van der Waals surface area contributed by atoms with Crippen LogP contribution in [0, 0.1) is 17.8 Å². The molecule has 20 heavy (non-hydrogen) atoms. The topological polar surface area (TPSA) is 66.4 Å². The first-order valence-electron chi connectivity index (χ1n) is 6.75. The van der Waals surface area contributed by atoms with Gasteiger partial charge in [-0.05, 0) is 31.4 Å². The van der Waals surface area contributed by atoms with Crippen LogP contribution in [0.25, 0.3) is 0 Å². The summed E-state index contributed by atoms with van der Waals surface area (Å²) in [5.74, 6) is -2.44. The Morgan fingerprint density at radius 1 is 1.25 bits per heavy atom. The molecule has 0 heterocycles. The predicted octanol–water partition coefficient (Wildman–Crippen LogP) is 2.93. The summed E-state index contributed by atoms with van der Waals surface area (Å²) in [4.78, 5) is 23.8. The van der Waals surface area contributed by atoms with Crippen molar-refractivity contribution in [2.75, 3.05) is 5.32 Å². The fourth-order valence-corrected chi connectivity index (χ4v) is 2.87. The number of rotatable bonds is 3. The molecule has 0 radical (unpaired) electrons. The fraction of sp³-hybridized carbons (Fsp3) is 0.375. The Morgan fingerprint density at radius 2 is 1.90 bits per heavy atom. The van der Waals surface area contributed by atoms with Gasteiger partial charge in [-0.3, -0.25) is 9.59 Å². The SMILES string of the molecule is CC1=C[C@@H](C)[C@@H](C(=O)O)[C@@H](C(=O)Nc2ccccc2)C1. The van der Waals surface area contributed by atoms with Crippen LogP contribution in [0.5, 0.6) is 0 Å². The highest BCUT2D eigenvalue weighted by Gasteiger charge is 2.39. The fourth-order valence-electron chi connectivity index (χ4n) is 2.87. The lowest BCUT2D eigenvalue weighted by Gasteiger charge is -2.31. The number of hydrogen-bond donors (Lipinski definition) is 2. The van der Waals surface area contributed by atoms with Crippen LogP contribution in [0.4, 0.5) is 5.69 Å². The number of allylic oxidation sites excluding steroid dienone is 2. The van der Waals surface area contributed by atoms with Gasteiger partial charge in [-0.1, -0.05) is 36.8 Å². The van der Waals surface area contributed by atoms with Crippen LogP contribution in [0.3, 0.4) is 0 Å². The Morgan fingerprint density at radius 3 is 2.50 bits per heavy atom. The monoisotopic (exact) mass is 273 g/mol. The molecule has 0 aromatic heterocycles. The van der Waals surface area contributed by atoms with E-state index in [-0.39, 0.29) is 11.8 Å². The minimum atomic E-state index is -0.908. The minimum absolute atomic E-state index is 0.132. The first kappa shape index (κ1) is 14.3. The lowest BCUT2D eigenvalue weighted by molar-refractivity contribution is -0.148. The molecule has 0 spiro atoms. The molecule has 1 aromatic rings. The van der Waals surface area contributed by atoms with Gasteiger partial charge in [0.15, 0.2) is 0 Å². The number of amides is 1. The van der Waals surface area contributed by atoms with Crippen LogP contribution in [0.1, 0.15) is 20.3 Å². The molecule has 1 aromatic carbocycles. The molecule has 1 aliphatic rings. The molecule has 106 valence electrons. The van der Waals surface area contributed by atoms with E-state index in [4.69, 9.17) is 0 Å². The van der Waals surface area contributed by atoms with Gasteiger partial charge < -0.3 is 10.4 Å². The molecule has 1 aliphatic carbocycles. The second kappa shape index (κ2) is 5.90. The van der Waals surface area contributed by atoms with E-state index in [1.165, 1.54) is 0 Å². The lowest BCUT2D eigenvalue weighted by atomic mass is 9.73. The average Bonchev–Trinajstić information content (AvgIpc) is 2.38. The highest BCUT2D eigenvalue weighted by molar-refractivity contribution is 5.95. The highest BCUT2D eigenvalue weighted by Crippen LogP contribution is 2.34. The van der Waals surface area contributed by atoms with Crippen molar-refractivity contribution in [1.82, 2.24) is 0 Å². The summed E-state index contributed by atoms with van der Waals surface area (Å²) in [6.07, 6.45) is 2.45. The largest absolute Gasteiger partial charge is 0.481 e. The molecule has 4 nitrogen and oxygen atoms in total. The van der Waals surface area contributed by atoms with Crippen LogP contribution in [-0.4, -0.2) is 17.0 Å². The second-order valence-electron chi connectivity index (χ2n) is 5.40. The molecule has 3 atom stereocenters. The van der Waals surface area contributed by atoms with Crippen LogP contribution in [-0.2, 0) is 9.59 Å². The van der Waals surface area contributed by atoms with E-state index in [9.17, 15) is 14.7 Å². The predicted molar refractivity (Wildman–Crippen MR) is 77.2 cm³/mol. The van der Waals surface area contributed by atoms with E-state index in [1.54, 1.807) is 12.1 Å². The van der Waals surface area contributed by atoms with Crippen molar-refractivity contribution < 1.29 is 14.7 Å². The van der Waals surface area contributed by atoms with Gasteiger partial charge in [0.1, 0.15) is 0 Å². The van der Waals surface area contributed by atoms with Crippen LogP contribution in [0.2, 0.25) is 0 Å². The number of para-hydroxylation sites is 1. The van der Waals surface area contributed by atoms with Gasteiger partial charge in [0, 0.05) is 5.69 Å².